The van der Waals surface area contributed by atoms with E-state index >= 15 is 0 Å². The van der Waals surface area contributed by atoms with Crippen LogP contribution in [0.4, 0.5) is 11.4 Å². The van der Waals surface area contributed by atoms with Gasteiger partial charge in [-0.15, -0.1) is 0 Å². The smallest absolute Gasteiger partial charge is 0.262 e. The third-order valence-corrected chi connectivity index (χ3v) is 2.96. The van der Waals surface area contributed by atoms with E-state index < -0.39 is 0 Å². The highest BCUT2D eigenvalue weighted by Crippen LogP contribution is 2.25. The van der Waals surface area contributed by atoms with Crippen molar-refractivity contribution in [1.82, 2.24) is 4.98 Å². The second-order valence-electron chi connectivity index (χ2n) is 3.41. The zero-order valence-corrected chi connectivity index (χ0v) is 10.6. The number of halogens is 1. The summed E-state index contributed by atoms with van der Waals surface area (Å²) in [6.07, 6.45) is 4.53. The molecule has 2 N–H and O–H groups in total. The first-order valence-electron chi connectivity index (χ1n) is 4.82. The first kappa shape index (κ1) is 11.7. The first-order valence-corrected chi connectivity index (χ1v) is 5.61. The predicted molar refractivity (Wildman–Crippen MR) is 67.8 cm³/mol. The van der Waals surface area contributed by atoms with Crippen molar-refractivity contribution < 1.29 is 9.21 Å². The number of hydrogen-bond donors (Lipinski definition) is 1. The van der Waals surface area contributed by atoms with Crippen molar-refractivity contribution in [3.8, 4) is 0 Å². The van der Waals surface area contributed by atoms with Gasteiger partial charge in [-0.2, -0.15) is 0 Å². The average Bonchev–Trinajstić information content (AvgIpc) is 2.74. The lowest BCUT2D eigenvalue weighted by atomic mass is 10.2. The topological polar surface area (TPSA) is 72.4 Å². The van der Waals surface area contributed by atoms with E-state index in [0.717, 1.165) is 0 Å². The SMILES string of the molecule is CN(C(=O)c1ccoc1Br)c1ccncc1N. The summed E-state index contributed by atoms with van der Waals surface area (Å²) in [4.78, 5) is 17.5. The van der Waals surface area contributed by atoms with Crippen LogP contribution in [0.5, 0.6) is 0 Å². The highest BCUT2D eigenvalue weighted by atomic mass is 79.9. The van der Waals surface area contributed by atoms with Crippen LogP contribution in [-0.2, 0) is 0 Å². The Kier molecular flexibility index (Phi) is 3.14. The summed E-state index contributed by atoms with van der Waals surface area (Å²) in [5.41, 5.74) is 7.26. The van der Waals surface area contributed by atoms with Crippen LogP contribution in [0, 0.1) is 0 Å². The number of nitrogens with two attached hydrogens (primary N) is 1. The van der Waals surface area contributed by atoms with E-state index in [0.29, 0.717) is 21.6 Å². The minimum Gasteiger partial charge on any atom is -0.457 e. The molecular weight excluding hydrogens is 286 g/mol. The van der Waals surface area contributed by atoms with Crippen LogP contribution in [0.25, 0.3) is 0 Å². The van der Waals surface area contributed by atoms with Crippen LogP contribution in [0.3, 0.4) is 0 Å². The van der Waals surface area contributed by atoms with E-state index in [2.05, 4.69) is 20.9 Å². The molecule has 0 radical (unpaired) electrons. The van der Waals surface area contributed by atoms with Crippen LogP contribution >= 0.6 is 15.9 Å². The number of anilines is 2. The molecule has 2 rings (SSSR count). The third-order valence-electron chi connectivity index (χ3n) is 2.34. The van der Waals surface area contributed by atoms with Gasteiger partial charge in [0, 0.05) is 13.2 Å². The molecule has 0 aliphatic rings. The molecule has 0 unspecified atom stereocenters. The molecule has 6 heteroatoms. The van der Waals surface area contributed by atoms with Gasteiger partial charge in [0.1, 0.15) is 0 Å². The van der Waals surface area contributed by atoms with Gasteiger partial charge in [0.25, 0.3) is 5.91 Å². The predicted octanol–water partition coefficient (Wildman–Crippen LogP) is 2.30. The van der Waals surface area contributed by atoms with E-state index in [1.54, 1.807) is 25.4 Å². The van der Waals surface area contributed by atoms with Crippen molar-refractivity contribution >= 4 is 33.2 Å². The maximum atomic E-state index is 12.1. The quantitative estimate of drug-likeness (QED) is 0.923. The van der Waals surface area contributed by atoms with Crippen molar-refractivity contribution in [1.29, 1.82) is 0 Å². The standard InChI is InChI=1S/C11H10BrN3O2/c1-15(9-2-4-14-6-8(9)13)11(16)7-3-5-17-10(7)12/h2-6H,13H2,1H3. The van der Waals surface area contributed by atoms with Gasteiger partial charge in [0.15, 0.2) is 4.67 Å². The second-order valence-corrected chi connectivity index (χ2v) is 4.13. The molecule has 0 saturated carbocycles. The van der Waals surface area contributed by atoms with Gasteiger partial charge in [0.05, 0.1) is 29.4 Å². The van der Waals surface area contributed by atoms with Gasteiger partial charge >= 0.3 is 0 Å². The van der Waals surface area contributed by atoms with Crippen molar-refractivity contribution in [2.75, 3.05) is 17.7 Å². The van der Waals surface area contributed by atoms with Crippen LogP contribution in [-0.4, -0.2) is 17.9 Å². The summed E-state index contributed by atoms with van der Waals surface area (Å²) in [6, 6.07) is 3.28. The van der Waals surface area contributed by atoms with Gasteiger partial charge in [-0.05, 0) is 28.1 Å². The van der Waals surface area contributed by atoms with Gasteiger partial charge in [-0.1, -0.05) is 0 Å². The Morgan fingerprint density at radius 1 is 1.53 bits per heavy atom. The zero-order valence-electron chi connectivity index (χ0n) is 9.05. The Morgan fingerprint density at radius 2 is 2.29 bits per heavy atom. The Morgan fingerprint density at radius 3 is 2.88 bits per heavy atom. The summed E-state index contributed by atoms with van der Waals surface area (Å²) >= 11 is 3.17. The minimum absolute atomic E-state index is 0.205. The number of aromatic nitrogens is 1. The monoisotopic (exact) mass is 295 g/mol. The van der Waals surface area contributed by atoms with Gasteiger partial charge < -0.3 is 15.1 Å². The summed E-state index contributed by atoms with van der Waals surface area (Å²) in [5, 5.41) is 0. The number of carbonyl (C=O) groups excluding carboxylic acids is 1. The lowest BCUT2D eigenvalue weighted by molar-refractivity contribution is 0.0991. The number of nitrogen functional groups attached to an aromatic ring is 1. The maximum absolute atomic E-state index is 12.1. The number of pyridine rings is 1. The third kappa shape index (κ3) is 2.16. The molecule has 88 valence electrons. The molecule has 5 nitrogen and oxygen atoms in total. The highest BCUT2D eigenvalue weighted by molar-refractivity contribution is 9.10. The zero-order chi connectivity index (χ0) is 12.4. The van der Waals surface area contributed by atoms with Gasteiger partial charge in [-0.3, -0.25) is 9.78 Å². The number of amides is 1. The van der Waals surface area contributed by atoms with Crippen LogP contribution in [0.2, 0.25) is 0 Å². The molecule has 1 amide bonds. The Labute approximate surface area is 106 Å². The molecule has 0 bridgehead atoms. The fraction of sp³-hybridized carbons (Fsp3) is 0.0909. The largest absolute Gasteiger partial charge is 0.457 e. The number of hydrogen-bond acceptors (Lipinski definition) is 4. The Balaban J connectivity index is 2.33. The molecule has 2 heterocycles. The normalized spacial score (nSPS) is 10.2. The minimum atomic E-state index is -0.205. The Bertz CT molecular complexity index is 553. The molecule has 0 aromatic carbocycles. The molecule has 0 spiro atoms. The fourth-order valence-corrected chi connectivity index (χ4v) is 1.85. The van der Waals surface area contributed by atoms with Gasteiger partial charge in [0.2, 0.25) is 0 Å². The van der Waals surface area contributed by atoms with Crippen molar-refractivity contribution in [2.45, 2.75) is 0 Å². The molecule has 2 aromatic heterocycles. The lowest BCUT2D eigenvalue weighted by Gasteiger charge is -2.18. The second kappa shape index (κ2) is 4.58. The van der Waals surface area contributed by atoms with Gasteiger partial charge in [-0.25, -0.2) is 0 Å². The lowest BCUT2D eigenvalue weighted by Crippen LogP contribution is -2.26. The Hall–Kier alpha value is -1.82. The molecule has 0 fully saturated rings. The summed E-state index contributed by atoms with van der Waals surface area (Å²) in [6.45, 7) is 0. The van der Waals surface area contributed by atoms with Crippen LogP contribution in [0.1, 0.15) is 10.4 Å². The van der Waals surface area contributed by atoms with Crippen molar-refractivity contribution in [3.63, 3.8) is 0 Å². The van der Waals surface area contributed by atoms with E-state index in [1.165, 1.54) is 17.4 Å². The highest BCUT2D eigenvalue weighted by Gasteiger charge is 2.19. The molecule has 0 atom stereocenters. The molecule has 0 saturated heterocycles. The number of furan rings is 1. The average molecular weight is 296 g/mol. The summed E-state index contributed by atoms with van der Waals surface area (Å²) in [5.74, 6) is -0.205. The molecule has 2 aromatic rings. The number of nitrogens with zero attached hydrogens (tertiary/aromatic N) is 2. The maximum Gasteiger partial charge on any atom is 0.262 e. The fourth-order valence-electron chi connectivity index (χ4n) is 1.44. The molecular formula is C11H10BrN3O2. The molecule has 0 aliphatic heterocycles. The number of carbonyl (C=O) groups is 1. The molecule has 0 aliphatic carbocycles. The summed E-state index contributed by atoms with van der Waals surface area (Å²) in [7, 11) is 1.65. The van der Waals surface area contributed by atoms with Crippen LogP contribution < -0.4 is 10.6 Å². The van der Waals surface area contributed by atoms with E-state index in [-0.39, 0.29) is 5.91 Å². The van der Waals surface area contributed by atoms with Crippen LogP contribution in [0.15, 0.2) is 39.9 Å². The van der Waals surface area contributed by atoms with Crippen molar-refractivity contribution in [3.05, 3.63) is 41.0 Å². The van der Waals surface area contributed by atoms with E-state index in [4.69, 9.17) is 10.2 Å². The summed E-state index contributed by atoms with van der Waals surface area (Å²) < 4.78 is 5.43. The molecule has 17 heavy (non-hydrogen) atoms. The van der Waals surface area contributed by atoms with Crippen molar-refractivity contribution in [2.24, 2.45) is 0 Å². The van der Waals surface area contributed by atoms with E-state index in [1.807, 2.05) is 0 Å². The first-order chi connectivity index (χ1) is 8.11. The van der Waals surface area contributed by atoms with E-state index in [9.17, 15) is 4.79 Å². The number of rotatable bonds is 2.